The molecular weight excluding hydrogens is 143 g/mol. The van der Waals surface area contributed by atoms with E-state index in [0.717, 1.165) is 0 Å². The molecule has 1 saturated heterocycles. The fraction of sp³-hybridized carbons (Fsp3) is 1.00. The molecule has 1 aliphatic heterocycles. The third-order valence-electron chi connectivity index (χ3n) is 1.94. The van der Waals surface area contributed by atoms with Gasteiger partial charge in [-0.1, -0.05) is 6.92 Å². The number of rotatable bonds is 2. The van der Waals surface area contributed by atoms with Crippen molar-refractivity contribution >= 4 is 0 Å². The van der Waals surface area contributed by atoms with Crippen LogP contribution >= 0.6 is 0 Å². The van der Waals surface area contributed by atoms with Crippen LogP contribution in [0.5, 0.6) is 0 Å². The van der Waals surface area contributed by atoms with Gasteiger partial charge in [-0.05, 0) is 0 Å². The maximum absolute atomic E-state index is 12.6. The Morgan fingerprint density at radius 1 is 1.30 bits per heavy atom. The van der Waals surface area contributed by atoms with Gasteiger partial charge in [0.2, 0.25) is 0 Å². The highest BCUT2D eigenvalue weighted by atomic mass is 19.3. The van der Waals surface area contributed by atoms with Crippen LogP contribution in [0.4, 0.5) is 13.2 Å². The maximum atomic E-state index is 12.6. The van der Waals surface area contributed by atoms with E-state index in [1.54, 1.807) is 0 Å². The summed E-state index contributed by atoms with van der Waals surface area (Å²) in [6.07, 6.45) is -4.82. The second-order valence-electron chi connectivity index (χ2n) is 2.99. The van der Waals surface area contributed by atoms with Gasteiger partial charge in [0.15, 0.2) is 6.17 Å². The Hall–Kier alpha value is -0.250. The fourth-order valence-electron chi connectivity index (χ4n) is 1.02. The Kier molecular flexibility index (Phi) is 1.90. The molecule has 60 valence electrons. The van der Waals surface area contributed by atoms with E-state index in [4.69, 9.17) is 0 Å². The number of nitrogens with one attached hydrogen (secondary N) is 1. The minimum absolute atomic E-state index is 0.360. The Morgan fingerprint density at radius 2 is 1.80 bits per heavy atom. The third-order valence-corrected chi connectivity index (χ3v) is 1.94. The highest BCUT2D eigenvalue weighted by Crippen LogP contribution is 2.32. The summed E-state index contributed by atoms with van der Waals surface area (Å²) in [6.45, 7) is 2.25. The summed E-state index contributed by atoms with van der Waals surface area (Å²) >= 11 is 0. The van der Waals surface area contributed by atoms with Crippen molar-refractivity contribution in [1.29, 1.82) is 0 Å². The summed E-state index contributed by atoms with van der Waals surface area (Å²) in [5.74, 6) is 0. The molecular formula is C6H10F3N. The average molecular weight is 153 g/mol. The topological polar surface area (TPSA) is 12.0 Å². The minimum atomic E-state index is -2.84. The molecule has 1 heterocycles. The van der Waals surface area contributed by atoms with Gasteiger partial charge in [-0.2, -0.15) is 0 Å². The van der Waals surface area contributed by atoms with E-state index in [-0.39, 0.29) is 0 Å². The normalized spacial score (nSPS) is 26.1. The van der Waals surface area contributed by atoms with Gasteiger partial charge in [-0.3, -0.25) is 0 Å². The van der Waals surface area contributed by atoms with Crippen LogP contribution in [-0.2, 0) is 0 Å². The van der Waals surface area contributed by atoms with Crippen LogP contribution < -0.4 is 5.32 Å². The summed E-state index contributed by atoms with van der Waals surface area (Å²) in [7, 11) is 0. The predicted molar refractivity (Wildman–Crippen MR) is 31.9 cm³/mol. The molecule has 0 amide bonds. The van der Waals surface area contributed by atoms with Crippen LogP contribution in [0.3, 0.4) is 0 Å². The van der Waals surface area contributed by atoms with E-state index in [1.807, 2.05) is 0 Å². The first-order valence-electron chi connectivity index (χ1n) is 3.19. The standard InChI is InChI=1S/C6H10F3N/c1-6(2-10-3-6)4(7)5(8)9/h4-5,10H,2-3H2,1H3. The maximum Gasteiger partial charge on any atom is 0.269 e. The van der Waals surface area contributed by atoms with Crippen molar-refractivity contribution < 1.29 is 13.2 Å². The van der Waals surface area contributed by atoms with Gasteiger partial charge in [0.25, 0.3) is 6.43 Å². The molecule has 0 aromatic carbocycles. The summed E-state index contributed by atoms with van der Waals surface area (Å²) < 4.78 is 36.0. The lowest BCUT2D eigenvalue weighted by Gasteiger charge is -2.41. The zero-order valence-corrected chi connectivity index (χ0v) is 5.70. The second kappa shape index (κ2) is 2.42. The van der Waals surface area contributed by atoms with Crippen LogP contribution in [0.1, 0.15) is 6.92 Å². The Labute approximate surface area is 57.6 Å². The first-order valence-corrected chi connectivity index (χ1v) is 3.19. The molecule has 0 radical (unpaired) electrons. The molecule has 1 N–H and O–H groups in total. The number of alkyl halides is 3. The molecule has 1 fully saturated rings. The summed E-state index contributed by atoms with van der Waals surface area (Å²) in [5, 5.41) is 2.76. The van der Waals surface area contributed by atoms with Gasteiger partial charge in [0.1, 0.15) is 0 Å². The van der Waals surface area contributed by atoms with Crippen molar-refractivity contribution in [3.63, 3.8) is 0 Å². The van der Waals surface area contributed by atoms with Crippen LogP contribution in [0, 0.1) is 5.41 Å². The molecule has 0 aromatic rings. The summed E-state index contributed by atoms with van der Waals surface area (Å²) in [5.41, 5.74) is -0.825. The Balaban J connectivity index is 2.46. The lowest BCUT2D eigenvalue weighted by Crippen LogP contribution is -2.58. The van der Waals surface area contributed by atoms with Gasteiger partial charge in [0, 0.05) is 18.5 Å². The van der Waals surface area contributed by atoms with Gasteiger partial charge in [-0.25, -0.2) is 13.2 Å². The van der Waals surface area contributed by atoms with Crippen LogP contribution in [-0.4, -0.2) is 25.7 Å². The van der Waals surface area contributed by atoms with Gasteiger partial charge < -0.3 is 5.32 Å². The van der Waals surface area contributed by atoms with Crippen molar-refractivity contribution in [1.82, 2.24) is 5.32 Å². The van der Waals surface area contributed by atoms with Crippen molar-refractivity contribution in [2.24, 2.45) is 5.41 Å². The molecule has 1 atom stereocenters. The Bertz CT molecular complexity index is 122. The molecule has 0 spiro atoms. The number of halogens is 3. The largest absolute Gasteiger partial charge is 0.315 e. The molecule has 1 aliphatic rings. The van der Waals surface area contributed by atoms with E-state index in [9.17, 15) is 13.2 Å². The van der Waals surface area contributed by atoms with Gasteiger partial charge in [-0.15, -0.1) is 0 Å². The van der Waals surface area contributed by atoms with E-state index in [0.29, 0.717) is 13.1 Å². The zero-order chi connectivity index (χ0) is 7.78. The fourth-order valence-corrected chi connectivity index (χ4v) is 1.02. The van der Waals surface area contributed by atoms with E-state index >= 15 is 0 Å². The van der Waals surface area contributed by atoms with E-state index in [1.165, 1.54) is 6.92 Å². The summed E-state index contributed by atoms with van der Waals surface area (Å²) in [4.78, 5) is 0. The minimum Gasteiger partial charge on any atom is -0.315 e. The first-order chi connectivity index (χ1) is 4.56. The van der Waals surface area contributed by atoms with Crippen molar-refractivity contribution in [3.8, 4) is 0 Å². The molecule has 0 aliphatic carbocycles. The lowest BCUT2D eigenvalue weighted by atomic mass is 9.79. The molecule has 10 heavy (non-hydrogen) atoms. The molecule has 0 bridgehead atoms. The van der Waals surface area contributed by atoms with E-state index in [2.05, 4.69) is 5.32 Å². The molecule has 1 rings (SSSR count). The molecule has 0 aromatic heterocycles. The van der Waals surface area contributed by atoms with Crippen molar-refractivity contribution in [2.75, 3.05) is 13.1 Å². The van der Waals surface area contributed by atoms with Gasteiger partial charge in [0.05, 0.1) is 0 Å². The zero-order valence-electron chi connectivity index (χ0n) is 5.70. The molecule has 4 heteroatoms. The number of hydrogen-bond acceptors (Lipinski definition) is 1. The molecule has 1 unspecified atom stereocenters. The quantitative estimate of drug-likeness (QED) is 0.628. The monoisotopic (exact) mass is 153 g/mol. The Morgan fingerprint density at radius 3 is 1.90 bits per heavy atom. The average Bonchev–Trinajstić information content (AvgIpc) is 1.81. The second-order valence-corrected chi connectivity index (χ2v) is 2.99. The van der Waals surface area contributed by atoms with Crippen LogP contribution in [0.25, 0.3) is 0 Å². The lowest BCUT2D eigenvalue weighted by molar-refractivity contribution is -0.0475. The van der Waals surface area contributed by atoms with Crippen molar-refractivity contribution in [2.45, 2.75) is 19.5 Å². The summed E-state index contributed by atoms with van der Waals surface area (Å²) in [6, 6.07) is 0. The SMILES string of the molecule is CC1(C(F)C(F)F)CNC1. The van der Waals surface area contributed by atoms with Crippen LogP contribution in [0.15, 0.2) is 0 Å². The third kappa shape index (κ3) is 1.12. The smallest absolute Gasteiger partial charge is 0.269 e. The molecule has 1 nitrogen and oxygen atoms in total. The van der Waals surface area contributed by atoms with Gasteiger partial charge >= 0.3 is 0 Å². The highest BCUT2D eigenvalue weighted by molar-refractivity contribution is 4.95. The van der Waals surface area contributed by atoms with Crippen LogP contribution in [0.2, 0.25) is 0 Å². The first kappa shape index (κ1) is 7.85. The number of hydrogen-bond donors (Lipinski definition) is 1. The predicted octanol–water partition coefficient (Wildman–Crippen LogP) is 1.20. The van der Waals surface area contributed by atoms with E-state index < -0.39 is 18.0 Å². The highest BCUT2D eigenvalue weighted by Gasteiger charge is 2.44. The molecule has 0 saturated carbocycles. The van der Waals surface area contributed by atoms with Crippen molar-refractivity contribution in [3.05, 3.63) is 0 Å².